The molecule has 0 fully saturated rings. The number of halogens is 2. The second-order valence-corrected chi connectivity index (χ2v) is 6.06. The second kappa shape index (κ2) is 6.39. The van der Waals surface area contributed by atoms with E-state index in [0.29, 0.717) is 23.2 Å². The van der Waals surface area contributed by atoms with Crippen LogP contribution in [-0.4, -0.2) is 5.91 Å². The van der Waals surface area contributed by atoms with E-state index in [2.05, 4.69) is 21.2 Å². The first kappa shape index (κ1) is 15.7. The van der Waals surface area contributed by atoms with Gasteiger partial charge in [-0.1, -0.05) is 23.8 Å². The van der Waals surface area contributed by atoms with Gasteiger partial charge in [-0.25, -0.2) is 4.39 Å². The third-order valence-electron chi connectivity index (χ3n) is 3.32. The van der Waals surface area contributed by atoms with Crippen LogP contribution >= 0.6 is 15.9 Å². The van der Waals surface area contributed by atoms with Gasteiger partial charge in [-0.15, -0.1) is 0 Å². The van der Waals surface area contributed by atoms with Gasteiger partial charge < -0.3 is 5.32 Å². The Bertz CT molecular complexity index is 674. The summed E-state index contributed by atoms with van der Waals surface area (Å²) in [5, 5.41) is 2.87. The van der Waals surface area contributed by atoms with Crippen molar-refractivity contribution in [3.05, 3.63) is 68.4 Å². The summed E-state index contributed by atoms with van der Waals surface area (Å²) in [5.74, 6) is -0.336. The van der Waals surface area contributed by atoms with Gasteiger partial charge in [-0.2, -0.15) is 0 Å². The number of aryl methyl sites for hydroxylation is 3. The average Bonchev–Trinajstić information content (AvgIpc) is 2.44. The van der Waals surface area contributed by atoms with Crippen LogP contribution in [0.2, 0.25) is 0 Å². The Kier molecular flexibility index (Phi) is 4.78. The van der Waals surface area contributed by atoms with Gasteiger partial charge in [0, 0.05) is 11.0 Å². The maximum absolute atomic E-state index is 13.6. The molecule has 1 amide bonds. The van der Waals surface area contributed by atoms with Crippen LogP contribution in [0.25, 0.3) is 0 Å². The lowest BCUT2D eigenvalue weighted by molar-refractivity contribution is 0.0950. The summed E-state index contributed by atoms with van der Waals surface area (Å²) in [6, 6.07) is 9.15. The van der Waals surface area contributed by atoms with Crippen LogP contribution in [0.4, 0.5) is 4.39 Å². The summed E-state index contributed by atoms with van der Waals surface area (Å²) < 4.78 is 14.3. The van der Waals surface area contributed by atoms with E-state index in [1.165, 1.54) is 0 Å². The summed E-state index contributed by atoms with van der Waals surface area (Å²) in [5.41, 5.74) is 3.71. The second-order valence-electron chi connectivity index (χ2n) is 5.21. The van der Waals surface area contributed by atoms with Gasteiger partial charge in [0.15, 0.2) is 0 Å². The number of nitrogens with one attached hydrogen (secondary N) is 1. The van der Waals surface area contributed by atoms with Crippen molar-refractivity contribution in [2.75, 3.05) is 0 Å². The van der Waals surface area contributed by atoms with E-state index in [-0.39, 0.29) is 11.7 Å². The molecule has 110 valence electrons. The molecule has 0 heterocycles. The van der Waals surface area contributed by atoms with Gasteiger partial charge >= 0.3 is 0 Å². The molecule has 0 saturated carbocycles. The fourth-order valence-corrected chi connectivity index (χ4v) is 2.66. The number of benzene rings is 2. The molecule has 0 atom stereocenters. The molecule has 0 bridgehead atoms. The molecular weight excluding hydrogens is 333 g/mol. The topological polar surface area (TPSA) is 29.1 Å². The molecule has 0 aliphatic carbocycles. The first-order chi connectivity index (χ1) is 9.88. The number of hydrogen-bond donors (Lipinski definition) is 1. The number of carbonyl (C=O) groups is 1. The van der Waals surface area contributed by atoms with Crippen LogP contribution in [0.5, 0.6) is 0 Å². The largest absolute Gasteiger partial charge is 0.348 e. The third kappa shape index (κ3) is 3.70. The van der Waals surface area contributed by atoms with Crippen molar-refractivity contribution in [3.63, 3.8) is 0 Å². The van der Waals surface area contributed by atoms with E-state index in [9.17, 15) is 9.18 Å². The van der Waals surface area contributed by atoms with Crippen molar-refractivity contribution in [2.24, 2.45) is 0 Å². The Morgan fingerprint density at radius 1 is 1.14 bits per heavy atom. The summed E-state index contributed by atoms with van der Waals surface area (Å²) in [6.07, 6.45) is 0. The Balaban J connectivity index is 2.13. The molecule has 0 radical (unpaired) electrons. The monoisotopic (exact) mass is 349 g/mol. The first-order valence-electron chi connectivity index (χ1n) is 6.68. The minimum absolute atomic E-state index is 0.148. The van der Waals surface area contributed by atoms with Gasteiger partial charge in [0.2, 0.25) is 0 Å². The van der Waals surface area contributed by atoms with Gasteiger partial charge in [-0.05, 0) is 65.5 Å². The van der Waals surface area contributed by atoms with E-state index >= 15 is 0 Å². The van der Waals surface area contributed by atoms with Crippen LogP contribution in [0.3, 0.4) is 0 Å². The molecule has 2 aromatic rings. The lowest BCUT2D eigenvalue weighted by atomic mass is 10.1. The van der Waals surface area contributed by atoms with Crippen molar-refractivity contribution in [3.8, 4) is 0 Å². The quantitative estimate of drug-likeness (QED) is 0.871. The molecule has 4 heteroatoms. The van der Waals surface area contributed by atoms with E-state index in [4.69, 9.17) is 0 Å². The highest BCUT2D eigenvalue weighted by Gasteiger charge is 2.11. The lowest BCUT2D eigenvalue weighted by Gasteiger charge is -2.10. The van der Waals surface area contributed by atoms with Gasteiger partial charge in [0.05, 0.1) is 5.56 Å². The molecule has 0 aliphatic rings. The van der Waals surface area contributed by atoms with Crippen molar-refractivity contribution in [1.82, 2.24) is 5.32 Å². The average molecular weight is 350 g/mol. The fourth-order valence-electron chi connectivity index (χ4n) is 2.23. The fraction of sp³-hybridized carbons (Fsp3) is 0.235. The van der Waals surface area contributed by atoms with Crippen LogP contribution in [0, 0.1) is 26.6 Å². The number of rotatable bonds is 3. The predicted octanol–water partition coefficient (Wildman–Crippen LogP) is 4.44. The third-order valence-corrected chi connectivity index (χ3v) is 4.01. The van der Waals surface area contributed by atoms with E-state index < -0.39 is 0 Å². The lowest BCUT2D eigenvalue weighted by Crippen LogP contribution is -2.23. The zero-order chi connectivity index (χ0) is 15.6. The normalized spacial score (nSPS) is 10.5. The molecule has 0 spiro atoms. The molecule has 0 unspecified atom stereocenters. The minimum atomic E-state index is -0.188. The van der Waals surface area contributed by atoms with Crippen molar-refractivity contribution >= 4 is 21.8 Å². The van der Waals surface area contributed by atoms with E-state index in [1.807, 2.05) is 25.1 Å². The number of amides is 1. The van der Waals surface area contributed by atoms with E-state index in [1.54, 1.807) is 26.0 Å². The number of hydrogen-bond acceptors (Lipinski definition) is 1. The Morgan fingerprint density at radius 3 is 2.38 bits per heavy atom. The van der Waals surface area contributed by atoms with Crippen LogP contribution in [-0.2, 0) is 6.54 Å². The molecule has 2 aromatic carbocycles. The summed E-state index contributed by atoms with van der Waals surface area (Å²) >= 11 is 3.38. The minimum Gasteiger partial charge on any atom is -0.348 e. The molecule has 2 nitrogen and oxygen atoms in total. The highest BCUT2D eigenvalue weighted by atomic mass is 79.9. The van der Waals surface area contributed by atoms with Crippen molar-refractivity contribution in [1.29, 1.82) is 0 Å². The molecular formula is C17H17BrFNO. The molecule has 0 aliphatic heterocycles. The molecule has 21 heavy (non-hydrogen) atoms. The van der Waals surface area contributed by atoms with Crippen LogP contribution in [0.1, 0.15) is 32.6 Å². The smallest absolute Gasteiger partial charge is 0.252 e. The summed E-state index contributed by atoms with van der Waals surface area (Å²) in [4.78, 5) is 12.2. The van der Waals surface area contributed by atoms with Crippen LogP contribution < -0.4 is 5.32 Å². The summed E-state index contributed by atoms with van der Waals surface area (Å²) in [6.45, 7) is 5.77. The van der Waals surface area contributed by atoms with Crippen molar-refractivity contribution in [2.45, 2.75) is 27.3 Å². The Labute approximate surface area is 132 Å². The molecule has 0 aromatic heterocycles. The zero-order valence-corrected chi connectivity index (χ0v) is 13.8. The van der Waals surface area contributed by atoms with Crippen LogP contribution in [0.15, 0.2) is 34.8 Å². The van der Waals surface area contributed by atoms with Gasteiger partial charge in [-0.3, -0.25) is 4.79 Å². The highest BCUT2D eigenvalue weighted by Crippen LogP contribution is 2.19. The van der Waals surface area contributed by atoms with E-state index in [0.717, 1.165) is 15.6 Å². The Hall–Kier alpha value is -1.68. The first-order valence-corrected chi connectivity index (χ1v) is 7.47. The SMILES string of the molecule is Cc1ccc(Br)c(C(=O)NCc2cc(C)c(F)c(C)c2)c1. The maximum atomic E-state index is 13.6. The molecule has 0 saturated heterocycles. The van der Waals surface area contributed by atoms with Gasteiger partial charge in [0.1, 0.15) is 5.82 Å². The van der Waals surface area contributed by atoms with Crippen molar-refractivity contribution < 1.29 is 9.18 Å². The highest BCUT2D eigenvalue weighted by molar-refractivity contribution is 9.10. The summed E-state index contributed by atoms with van der Waals surface area (Å²) in [7, 11) is 0. The Morgan fingerprint density at radius 2 is 1.76 bits per heavy atom. The molecule has 1 N–H and O–H groups in total. The molecule has 2 rings (SSSR count). The zero-order valence-electron chi connectivity index (χ0n) is 12.3. The maximum Gasteiger partial charge on any atom is 0.252 e. The number of carbonyl (C=O) groups excluding carboxylic acids is 1. The predicted molar refractivity (Wildman–Crippen MR) is 85.9 cm³/mol. The standard InChI is InChI=1S/C17H17BrFNO/c1-10-4-5-15(18)14(6-10)17(21)20-9-13-7-11(2)16(19)12(3)8-13/h4-8H,9H2,1-3H3,(H,20,21). The van der Waals surface area contributed by atoms with Gasteiger partial charge in [0.25, 0.3) is 5.91 Å².